The Morgan fingerprint density at radius 3 is 2.76 bits per heavy atom. The lowest BCUT2D eigenvalue weighted by molar-refractivity contribution is -0.146. The van der Waals surface area contributed by atoms with Crippen LogP contribution in [0.1, 0.15) is 45.4 Å². The largest absolute Gasteiger partial charge is 0.489 e. The summed E-state index contributed by atoms with van der Waals surface area (Å²) >= 11 is 0. The Labute approximate surface area is 194 Å². The van der Waals surface area contributed by atoms with Crippen molar-refractivity contribution < 1.29 is 29.0 Å². The number of rotatable bonds is 11. The summed E-state index contributed by atoms with van der Waals surface area (Å²) in [6.07, 6.45) is 5.89. The van der Waals surface area contributed by atoms with E-state index in [-0.39, 0.29) is 13.2 Å². The number of hydrogen-bond acceptors (Lipinski definition) is 7. The molecule has 2 aliphatic rings. The van der Waals surface area contributed by atoms with Gasteiger partial charge in [0.05, 0.1) is 12.3 Å². The zero-order chi connectivity index (χ0) is 23.6. The highest BCUT2D eigenvalue weighted by Gasteiger charge is 2.35. The molecule has 2 heterocycles. The summed E-state index contributed by atoms with van der Waals surface area (Å²) in [5, 5.41) is 15.8. The molecule has 3 rings (SSSR count). The van der Waals surface area contributed by atoms with E-state index in [1.165, 1.54) is 17.7 Å². The molecule has 0 radical (unpaired) electrons. The Morgan fingerprint density at radius 2 is 2.03 bits per heavy atom. The number of piperidine rings is 1. The zero-order valence-electron chi connectivity index (χ0n) is 19.3. The fourth-order valence-electron chi connectivity index (χ4n) is 4.48. The molecule has 2 atom stereocenters. The van der Waals surface area contributed by atoms with E-state index in [2.05, 4.69) is 10.6 Å². The maximum atomic E-state index is 13.3. The van der Waals surface area contributed by atoms with Crippen LogP contribution in [0.15, 0.2) is 24.3 Å². The van der Waals surface area contributed by atoms with Crippen molar-refractivity contribution in [2.75, 3.05) is 37.7 Å². The standard InChI is InChI=1S/C24H35N3O6/c1-2-32-24(31)18(8-4-3-7-17-11-13-25-14-12-17)26-19-16-33-21-10-6-5-9-20(21)27(23(19)30)15-22(28)29/h5-6,9-10,17-19,25-26H,2-4,7-8,11-16H2,1H3,(H,28,29)/t18-,19-/m0/s1. The topological polar surface area (TPSA) is 117 Å². The number of esters is 1. The van der Waals surface area contributed by atoms with Crippen LogP contribution in [0.25, 0.3) is 0 Å². The lowest BCUT2D eigenvalue weighted by Gasteiger charge is -2.26. The molecular formula is C24H35N3O6. The van der Waals surface area contributed by atoms with Crippen LogP contribution in [0.5, 0.6) is 5.75 Å². The van der Waals surface area contributed by atoms with Gasteiger partial charge in [0, 0.05) is 0 Å². The number of benzene rings is 1. The third kappa shape index (κ3) is 7.17. The molecule has 1 saturated heterocycles. The summed E-state index contributed by atoms with van der Waals surface area (Å²) in [4.78, 5) is 38.5. The number of carbonyl (C=O) groups excluding carboxylic acids is 2. The number of aliphatic carboxylic acids is 1. The Bertz CT molecular complexity index is 811. The van der Waals surface area contributed by atoms with Crippen LogP contribution in [0.2, 0.25) is 0 Å². The van der Waals surface area contributed by atoms with Crippen molar-refractivity contribution in [3.63, 3.8) is 0 Å². The van der Waals surface area contributed by atoms with Gasteiger partial charge in [-0.15, -0.1) is 0 Å². The van der Waals surface area contributed by atoms with Gasteiger partial charge in [-0.25, -0.2) is 0 Å². The predicted octanol–water partition coefficient (Wildman–Crippen LogP) is 1.95. The fraction of sp³-hybridized carbons (Fsp3) is 0.625. The Hall–Kier alpha value is -2.65. The highest BCUT2D eigenvalue weighted by molar-refractivity contribution is 6.02. The number of carbonyl (C=O) groups is 3. The maximum absolute atomic E-state index is 13.3. The van der Waals surface area contributed by atoms with Crippen molar-refractivity contribution in [2.24, 2.45) is 5.92 Å². The summed E-state index contributed by atoms with van der Waals surface area (Å²) in [5.41, 5.74) is 0.406. The van der Waals surface area contributed by atoms with Gasteiger partial charge >= 0.3 is 11.9 Å². The highest BCUT2D eigenvalue weighted by Crippen LogP contribution is 2.31. The van der Waals surface area contributed by atoms with Gasteiger partial charge in [-0.2, -0.15) is 0 Å². The van der Waals surface area contributed by atoms with Crippen molar-refractivity contribution >= 4 is 23.5 Å². The minimum absolute atomic E-state index is 0.00303. The number of carboxylic acids is 1. The van der Waals surface area contributed by atoms with Gasteiger partial charge < -0.3 is 19.9 Å². The highest BCUT2D eigenvalue weighted by atomic mass is 16.5. The van der Waals surface area contributed by atoms with Crippen LogP contribution in [0.3, 0.4) is 0 Å². The molecule has 1 aromatic rings. The molecule has 0 spiro atoms. The molecule has 0 bridgehead atoms. The molecule has 2 aliphatic heterocycles. The molecule has 9 nitrogen and oxygen atoms in total. The first-order valence-electron chi connectivity index (χ1n) is 11.9. The number of fused-ring (bicyclic) bond motifs is 1. The van der Waals surface area contributed by atoms with E-state index in [1.807, 2.05) is 0 Å². The predicted molar refractivity (Wildman–Crippen MR) is 123 cm³/mol. The second-order valence-electron chi connectivity index (χ2n) is 8.60. The first kappa shape index (κ1) is 25.0. The number of nitrogens with one attached hydrogen (secondary N) is 2. The van der Waals surface area contributed by atoms with E-state index in [1.54, 1.807) is 31.2 Å². The first-order valence-corrected chi connectivity index (χ1v) is 11.9. The SMILES string of the molecule is CCOC(=O)[C@H](CCCCC1CCNCC1)N[C@H]1COc2ccccc2N(CC(=O)O)C1=O. The fourth-order valence-corrected chi connectivity index (χ4v) is 4.48. The van der Waals surface area contributed by atoms with Crippen molar-refractivity contribution in [1.29, 1.82) is 0 Å². The summed E-state index contributed by atoms with van der Waals surface area (Å²) in [5.74, 6) is -0.810. The number of ether oxygens (including phenoxy) is 2. The quantitative estimate of drug-likeness (QED) is 0.338. The molecule has 1 aromatic carbocycles. The molecule has 0 aliphatic carbocycles. The second-order valence-corrected chi connectivity index (χ2v) is 8.60. The van der Waals surface area contributed by atoms with Crippen LogP contribution in [0, 0.1) is 5.92 Å². The Morgan fingerprint density at radius 1 is 1.27 bits per heavy atom. The molecule has 33 heavy (non-hydrogen) atoms. The van der Waals surface area contributed by atoms with Gasteiger partial charge in [0.25, 0.3) is 0 Å². The molecule has 0 aromatic heterocycles. The summed E-state index contributed by atoms with van der Waals surface area (Å²) < 4.78 is 11.1. The van der Waals surface area contributed by atoms with E-state index in [4.69, 9.17) is 9.47 Å². The van der Waals surface area contributed by atoms with Gasteiger partial charge in [-0.3, -0.25) is 24.6 Å². The molecule has 9 heteroatoms. The Kier molecular flexibility index (Phi) is 9.50. The molecule has 182 valence electrons. The number of hydrogen-bond donors (Lipinski definition) is 3. The molecule has 3 N–H and O–H groups in total. The molecular weight excluding hydrogens is 426 g/mol. The monoisotopic (exact) mass is 461 g/mol. The van der Waals surface area contributed by atoms with Crippen molar-refractivity contribution in [1.82, 2.24) is 10.6 Å². The third-order valence-electron chi connectivity index (χ3n) is 6.21. The summed E-state index contributed by atoms with van der Waals surface area (Å²) in [7, 11) is 0. The minimum Gasteiger partial charge on any atom is -0.489 e. The van der Waals surface area contributed by atoms with Crippen LogP contribution >= 0.6 is 0 Å². The molecule has 1 fully saturated rings. The van der Waals surface area contributed by atoms with E-state index in [9.17, 15) is 19.5 Å². The van der Waals surface area contributed by atoms with Crippen molar-refractivity contribution in [3.05, 3.63) is 24.3 Å². The van der Waals surface area contributed by atoms with Crippen molar-refractivity contribution in [2.45, 2.75) is 57.5 Å². The van der Waals surface area contributed by atoms with Crippen LogP contribution in [-0.2, 0) is 19.1 Å². The van der Waals surface area contributed by atoms with Gasteiger partial charge in [-0.1, -0.05) is 31.4 Å². The summed E-state index contributed by atoms with van der Waals surface area (Å²) in [6.45, 7) is 3.64. The van der Waals surface area contributed by atoms with Gasteiger partial charge in [0.15, 0.2) is 0 Å². The van der Waals surface area contributed by atoms with E-state index in [0.29, 0.717) is 17.9 Å². The molecule has 1 amide bonds. The number of carboxylic acid groups (broad SMARTS) is 1. The van der Waals surface area contributed by atoms with Crippen LogP contribution in [0.4, 0.5) is 5.69 Å². The molecule has 0 saturated carbocycles. The molecule has 0 unspecified atom stereocenters. The number of nitrogens with zero attached hydrogens (tertiary/aromatic N) is 1. The first-order chi connectivity index (χ1) is 16.0. The summed E-state index contributed by atoms with van der Waals surface area (Å²) in [6, 6.07) is 5.31. The van der Waals surface area contributed by atoms with Gasteiger partial charge in [-0.05, 0) is 57.3 Å². The normalized spacial score (nSPS) is 19.8. The van der Waals surface area contributed by atoms with Crippen molar-refractivity contribution in [3.8, 4) is 5.75 Å². The van der Waals surface area contributed by atoms with Gasteiger partial charge in [0.2, 0.25) is 5.91 Å². The van der Waals surface area contributed by atoms with E-state index >= 15 is 0 Å². The van der Waals surface area contributed by atoms with E-state index < -0.39 is 36.5 Å². The maximum Gasteiger partial charge on any atom is 0.323 e. The minimum atomic E-state index is -1.13. The number of anilines is 1. The smallest absolute Gasteiger partial charge is 0.323 e. The second kappa shape index (κ2) is 12.6. The lowest BCUT2D eigenvalue weighted by atomic mass is 9.92. The number of amides is 1. The van der Waals surface area contributed by atoms with Gasteiger partial charge in [0.1, 0.15) is 31.0 Å². The third-order valence-corrected chi connectivity index (χ3v) is 6.21. The lowest BCUT2D eigenvalue weighted by Crippen LogP contribution is -2.54. The van der Waals surface area contributed by atoms with Crippen LogP contribution < -0.4 is 20.3 Å². The Balaban J connectivity index is 1.65. The van der Waals surface area contributed by atoms with Crippen LogP contribution in [-0.4, -0.2) is 67.9 Å². The number of unbranched alkanes of at least 4 members (excludes halogenated alkanes) is 1. The average Bonchev–Trinajstić information content (AvgIpc) is 2.93. The average molecular weight is 462 g/mol. The zero-order valence-corrected chi connectivity index (χ0v) is 19.3. The number of para-hydroxylation sites is 2. The van der Waals surface area contributed by atoms with E-state index in [0.717, 1.165) is 38.3 Å².